The van der Waals surface area contributed by atoms with Crippen molar-refractivity contribution < 1.29 is 28.7 Å². The molecule has 0 spiro atoms. The Morgan fingerprint density at radius 3 is 1.26 bits per heavy atom. The lowest BCUT2D eigenvalue weighted by Crippen LogP contribution is -2.37. The Labute approximate surface area is 276 Å². The summed E-state index contributed by atoms with van der Waals surface area (Å²) < 4.78 is 10.4. The number of thioether (sulfide) groups is 2. The summed E-state index contributed by atoms with van der Waals surface area (Å²) in [6, 6.07) is 34.2. The van der Waals surface area contributed by atoms with E-state index in [9.17, 15) is 19.2 Å². The number of rotatable bonds is 8. The second kappa shape index (κ2) is 15.6. The molecule has 2 fully saturated rings. The minimum Gasteiger partial charge on any atom is -0.435 e. The minimum atomic E-state index is -0.769. The highest BCUT2D eigenvalue weighted by Gasteiger charge is 2.40. The van der Waals surface area contributed by atoms with E-state index in [2.05, 4.69) is 10.6 Å². The third-order valence-electron chi connectivity index (χ3n) is 7.35. The number of benzene rings is 4. The molecule has 0 aromatic heterocycles. The maximum absolute atomic E-state index is 12.5. The number of hydrogen-bond acceptors (Lipinski definition) is 8. The monoisotopic (exact) mass is 654 g/mol. The molecule has 236 valence electrons. The van der Waals surface area contributed by atoms with E-state index in [4.69, 9.17) is 9.47 Å². The van der Waals surface area contributed by atoms with Crippen molar-refractivity contribution >= 4 is 45.9 Å². The molecule has 4 aromatic rings. The van der Waals surface area contributed by atoms with Crippen LogP contribution in [0.15, 0.2) is 119 Å². The van der Waals surface area contributed by atoms with Gasteiger partial charge in [0.2, 0.25) is 10.2 Å². The summed E-state index contributed by atoms with van der Waals surface area (Å²) in [7, 11) is 0. The maximum Gasteiger partial charge on any atom is 0.408 e. The molecule has 8 nitrogen and oxygen atoms in total. The number of carbonyl (C=O) groups is 4. The fraction of sp³-hybridized carbons (Fsp3) is 0.222. The number of cyclic esters (lactones) is 2. The summed E-state index contributed by atoms with van der Waals surface area (Å²) in [6.07, 6.45) is -1.47. The van der Waals surface area contributed by atoms with Gasteiger partial charge >= 0.3 is 12.2 Å². The van der Waals surface area contributed by atoms with Gasteiger partial charge < -0.3 is 20.1 Å². The van der Waals surface area contributed by atoms with E-state index in [0.29, 0.717) is 12.8 Å². The van der Waals surface area contributed by atoms with Gasteiger partial charge in [0.05, 0.1) is 12.1 Å². The summed E-state index contributed by atoms with van der Waals surface area (Å²) >= 11 is 2.22. The Bertz CT molecular complexity index is 1520. The van der Waals surface area contributed by atoms with Crippen LogP contribution in [0.25, 0.3) is 0 Å². The lowest BCUT2D eigenvalue weighted by atomic mass is 10.0. The summed E-state index contributed by atoms with van der Waals surface area (Å²) in [4.78, 5) is 49.8. The highest BCUT2D eigenvalue weighted by molar-refractivity contribution is 8.14. The van der Waals surface area contributed by atoms with E-state index in [1.807, 2.05) is 123 Å². The van der Waals surface area contributed by atoms with Gasteiger partial charge in [-0.25, -0.2) is 9.59 Å². The molecule has 0 radical (unpaired) electrons. The van der Waals surface area contributed by atoms with E-state index >= 15 is 0 Å². The van der Waals surface area contributed by atoms with Gasteiger partial charge in [-0.1, -0.05) is 96.1 Å². The van der Waals surface area contributed by atoms with Crippen molar-refractivity contribution in [2.24, 2.45) is 0 Å². The minimum absolute atomic E-state index is 0.159. The third-order valence-corrected chi connectivity index (χ3v) is 9.23. The normalized spacial score (nSPS) is 20.0. The van der Waals surface area contributed by atoms with E-state index in [-0.39, 0.29) is 22.3 Å². The third kappa shape index (κ3) is 9.24. The molecular weight excluding hydrogens is 621 g/mol. The molecule has 2 aliphatic heterocycles. The van der Waals surface area contributed by atoms with Crippen LogP contribution < -0.4 is 10.6 Å². The first-order valence-corrected chi connectivity index (χ1v) is 16.5. The van der Waals surface area contributed by atoms with Crippen molar-refractivity contribution in [1.82, 2.24) is 10.6 Å². The zero-order chi connectivity index (χ0) is 32.5. The Kier molecular flexibility index (Phi) is 11.2. The van der Waals surface area contributed by atoms with Crippen molar-refractivity contribution in [3.63, 3.8) is 0 Å². The molecule has 6 rings (SSSR count). The standard InChI is InChI=1S/2C18H17NO3S/c2*1-12-7-9-14(10-8-12)23-17(20)16-15(19-18(21)22-16)11-13-5-3-2-4-6-13/h2*2-10,15-16H,11H2,1H3,(H,19,21)/t2*15-,16-/m10/s1. The Hall–Kier alpha value is -4.54. The van der Waals surface area contributed by atoms with Crippen LogP contribution in [0.2, 0.25) is 0 Å². The van der Waals surface area contributed by atoms with Crippen LogP contribution >= 0.6 is 23.5 Å². The molecule has 10 heteroatoms. The first kappa shape index (κ1) is 32.8. The first-order chi connectivity index (χ1) is 22.2. The van der Waals surface area contributed by atoms with Crippen LogP contribution in [0.3, 0.4) is 0 Å². The van der Waals surface area contributed by atoms with E-state index in [0.717, 1.165) is 55.6 Å². The number of aryl methyl sites for hydroxylation is 2. The maximum atomic E-state index is 12.5. The van der Waals surface area contributed by atoms with Gasteiger partial charge in [0, 0.05) is 9.79 Å². The molecule has 4 atom stereocenters. The SMILES string of the molecule is Cc1ccc(SC(=O)[C@@H]2OC(=O)N[C@@H]2Cc2ccccc2)cc1.Cc1ccc(SC(=O)[C@H]2OC(=O)N[C@H]2Cc2ccccc2)cc1. The number of ether oxygens (including phenoxy) is 2. The quantitative estimate of drug-likeness (QED) is 0.203. The van der Waals surface area contributed by atoms with Gasteiger partial charge in [-0.3, -0.25) is 9.59 Å². The van der Waals surface area contributed by atoms with Crippen LogP contribution in [0.1, 0.15) is 22.3 Å². The van der Waals surface area contributed by atoms with Crippen molar-refractivity contribution in [3.05, 3.63) is 131 Å². The van der Waals surface area contributed by atoms with Gasteiger partial charge in [0.25, 0.3) is 0 Å². The molecule has 2 saturated heterocycles. The molecule has 2 heterocycles. The summed E-state index contributed by atoms with van der Waals surface area (Å²) in [5.41, 5.74) is 4.39. The van der Waals surface area contributed by atoms with Crippen LogP contribution in [-0.2, 0) is 31.9 Å². The largest absolute Gasteiger partial charge is 0.435 e. The fourth-order valence-corrected chi connectivity index (χ4v) is 6.62. The number of alkyl carbamates (subject to hydrolysis) is 2. The predicted molar refractivity (Wildman–Crippen MR) is 179 cm³/mol. The first-order valence-electron chi connectivity index (χ1n) is 14.8. The van der Waals surface area contributed by atoms with E-state index < -0.39 is 24.4 Å². The lowest BCUT2D eigenvalue weighted by Gasteiger charge is -2.15. The second-order valence-corrected chi connectivity index (χ2v) is 13.2. The molecule has 46 heavy (non-hydrogen) atoms. The summed E-state index contributed by atoms with van der Waals surface area (Å²) in [5.74, 6) is 0. The summed E-state index contributed by atoms with van der Waals surface area (Å²) in [6.45, 7) is 3.99. The molecule has 0 aliphatic carbocycles. The molecule has 2 amide bonds. The molecular formula is C36H34N2O6S2. The molecule has 0 unspecified atom stereocenters. The van der Waals surface area contributed by atoms with Crippen molar-refractivity contribution in [2.45, 2.75) is 60.8 Å². The number of carbonyl (C=O) groups excluding carboxylic acids is 4. The zero-order valence-corrected chi connectivity index (χ0v) is 27.0. The van der Waals surface area contributed by atoms with Gasteiger partial charge in [-0.2, -0.15) is 0 Å². The molecule has 0 bridgehead atoms. The Balaban J connectivity index is 0.000000181. The highest BCUT2D eigenvalue weighted by Crippen LogP contribution is 2.27. The number of nitrogens with one attached hydrogen (secondary N) is 2. The Morgan fingerprint density at radius 1 is 0.565 bits per heavy atom. The lowest BCUT2D eigenvalue weighted by molar-refractivity contribution is -0.118. The fourth-order valence-electron chi connectivity index (χ4n) is 4.96. The van der Waals surface area contributed by atoms with Crippen molar-refractivity contribution in [2.75, 3.05) is 0 Å². The average Bonchev–Trinajstić information content (AvgIpc) is 3.61. The van der Waals surface area contributed by atoms with Gasteiger partial charge in [0.1, 0.15) is 0 Å². The van der Waals surface area contributed by atoms with Gasteiger partial charge in [-0.15, -0.1) is 0 Å². The van der Waals surface area contributed by atoms with E-state index in [1.54, 1.807) is 0 Å². The molecule has 2 N–H and O–H groups in total. The van der Waals surface area contributed by atoms with Crippen LogP contribution in [0, 0.1) is 13.8 Å². The number of hydrogen-bond donors (Lipinski definition) is 2. The zero-order valence-electron chi connectivity index (χ0n) is 25.4. The van der Waals surface area contributed by atoms with Crippen LogP contribution in [0.5, 0.6) is 0 Å². The highest BCUT2D eigenvalue weighted by atomic mass is 32.2. The van der Waals surface area contributed by atoms with Crippen LogP contribution in [-0.4, -0.2) is 46.7 Å². The molecule has 4 aromatic carbocycles. The topological polar surface area (TPSA) is 111 Å². The van der Waals surface area contributed by atoms with E-state index in [1.165, 1.54) is 0 Å². The second-order valence-electron chi connectivity index (χ2n) is 11.0. The average molecular weight is 655 g/mol. The molecule has 2 aliphatic rings. The number of amides is 2. The van der Waals surface area contributed by atoms with Crippen molar-refractivity contribution in [1.29, 1.82) is 0 Å². The van der Waals surface area contributed by atoms with Crippen molar-refractivity contribution in [3.8, 4) is 0 Å². The summed E-state index contributed by atoms with van der Waals surface area (Å²) in [5, 5.41) is 5.15. The Morgan fingerprint density at radius 2 is 0.913 bits per heavy atom. The van der Waals surface area contributed by atoms with Gasteiger partial charge in [0.15, 0.2) is 12.2 Å². The smallest absolute Gasteiger partial charge is 0.408 e. The predicted octanol–water partition coefficient (Wildman–Crippen LogP) is 6.67. The van der Waals surface area contributed by atoms with Gasteiger partial charge in [-0.05, 0) is 85.6 Å². The van der Waals surface area contributed by atoms with Crippen LogP contribution in [0.4, 0.5) is 9.59 Å². The molecule has 0 saturated carbocycles.